The SMILES string of the molecule is O=S1(=O)C[C@@H](O)[C@@H](N(Cc2ccco2)Cc2nn(-c3ccccc3)c3c2CCC3)C1. The predicted molar refractivity (Wildman–Crippen MR) is 112 cm³/mol. The van der Waals surface area contributed by atoms with Gasteiger partial charge in [-0.25, -0.2) is 13.1 Å². The van der Waals surface area contributed by atoms with E-state index in [1.807, 2.05) is 52.0 Å². The molecule has 1 N–H and O–H groups in total. The molecule has 0 bridgehead atoms. The molecule has 2 atom stereocenters. The van der Waals surface area contributed by atoms with E-state index < -0.39 is 22.0 Å². The van der Waals surface area contributed by atoms with E-state index in [-0.39, 0.29) is 11.5 Å². The van der Waals surface area contributed by atoms with E-state index in [9.17, 15) is 13.5 Å². The maximum Gasteiger partial charge on any atom is 0.154 e. The maximum atomic E-state index is 12.2. The van der Waals surface area contributed by atoms with E-state index >= 15 is 0 Å². The normalized spacial score (nSPS) is 22.6. The number of nitrogens with zero attached hydrogens (tertiary/aromatic N) is 3. The van der Waals surface area contributed by atoms with Crippen LogP contribution in [0.5, 0.6) is 0 Å². The minimum Gasteiger partial charge on any atom is -0.468 e. The highest BCUT2D eigenvalue weighted by molar-refractivity contribution is 7.91. The van der Waals surface area contributed by atoms with Crippen LogP contribution in [0.4, 0.5) is 0 Å². The Balaban J connectivity index is 1.49. The summed E-state index contributed by atoms with van der Waals surface area (Å²) in [5, 5.41) is 15.4. The number of fused-ring (bicyclic) bond motifs is 1. The van der Waals surface area contributed by atoms with Crippen LogP contribution < -0.4 is 0 Å². The molecule has 8 heteroatoms. The number of hydrogen-bond donors (Lipinski definition) is 1. The molecule has 158 valence electrons. The Morgan fingerprint density at radius 2 is 1.93 bits per heavy atom. The van der Waals surface area contributed by atoms with Crippen molar-refractivity contribution in [2.75, 3.05) is 11.5 Å². The molecule has 7 nitrogen and oxygen atoms in total. The Bertz CT molecular complexity index is 1120. The van der Waals surface area contributed by atoms with Gasteiger partial charge in [0.25, 0.3) is 0 Å². The third-order valence-corrected chi connectivity index (χ3v) is 7.77. The van der Waals surface area contributed by atoms with Gasteiger partial charge in [0.2, 0.25) is 0 Å². The van der Waals surface area contributed by atoms with Crippen molar-refractivity contribution >= 4 is 9.84 Å². The van der Waals surface area contributed by atoms with E-state index in [2.05, 4.69) is 0 Å². The maximum absolute atomic E-state index is 12.2. The summed E-state index contributed by atoms with van der Waals surface area (Å²) in [7, 11) is -3.26. The van der Waals surface area contributed by atoms with Crippen LogP contribution in [0.3, 0.4) is 0 Å². The van der Waals surface area contributed by atoms with Gasteiger partial charge in [0.15, 0.2) is 9.84 Å². The first-order valence-corrected chi connectivity index (χ1v) is 12.1. The van der Waals surface area contributed by atoms with Crippen molar-refractivity contribution in [1.29, 1.82) is 0 Å². The van der Waals surface area contributed by atoms with Gasteiger partial charge in [-0.15, -0.1) is 0 Å². The lowest BCUT2D eigenvalue weighted by Gasteiger charge is -2.29. The van der Waals surface area contributed by atoms with Gasteiger partial charge in [-0.2, -0.15) is 5.10 Å². The number of benzene rings is 1. The van der Waals surface area contributed by atoms with Gasteiger partial charge >= 0.3 is 0 Å². The van der Waals surface area contributed by atoms with Crippen molar-refractivity contribution in [2.45, 2.75) is 44.5 Å². The Morgan fingerprint density at radius 1 is 1.10 bits per heavy atom. The molecular weight excluding hydrogens is 402 g/mol. The molecule has 30 heavy (non-hydrogen) atoms. The van der Waals surface area contributed by atoms with E-state index in [0.717, 1.165) is 36.4 Å². The molecule has 1 aliphatic heterocycles. The van der Waals surface area contributed by atoms with E-state index in [0.29, 0.717) is 13.1 Å². The summed E-state index contributed by atoms with van der Waals surface area (Å²) >= 11 is 0. The Morgan fingerprint density at radius 3 is 2.63 bits per heavy atom. The minimum absolute atomic E-state index is 0.0452. The Kier molecular flexibility index (Phi) is 5.00. The molecule has 1 fully saturated rings. The highest BCUT2D eigenvalue weighted by atomic mass is 32.2. The number of rotatable bonds is 6. The lowest BCUT2D eigenvalue weighted by atomic mass is 10.1. The van der Waals surface area contributed by atoms with Gasteiger partial charge in [0, 0.05) is 12.2 Å². The lowest BCUT2D eigenvalue weighted by molar-refractivity contribution is 0.0675. The second-order valence-corrected chi connectivity index (χ2v) is 10.3. The molecule has 0 unspecified atom stereocenters. The van der Waals surface area contributed by atoms with E-state index in [4.69, 9.17) is 9.52 Å². The third-order valence-electron chi connectivity index (χ3n) is 6.07. The van der Waals surface area contributed by atoms with Gasteiger partial charge in [-0.05, 0) is 49.1 Å². The first-order valence-electron chi connectivity index (χ1n) is 10.3. The highest BCUT2D eigenvalue weighted by Gasteiger charge is 2.41. The highest BCUT2D eigenvalue weighted by Crippen LogP contribution is 2.30. The molecule has 0 spiro atoms. The van der Waals surface area contributed by atoms with Crippen molar-refractivity contribution in [3.05, 3.63) is 71.4 Å². The topological polar surface area (TPSA) is 88.6 Å². The monoisotopic (exact) mass is 427 g/mol. The quantitative estimate of drug-likeness (QED) is 0.648. The fourth-order valence-corrected chi connectivity index (χ4v) is 6.50. The fourth-order valence-electron chi connectivity index (χ4n) is 4.67. The largest absolute Gasteiger partial charge is 0.468 e. The fraction of sp³-hybridized carbons (Fsp3) is 0.409. The summed E-state index contributed by atoms with van der Waals surface area (Å²) in [6, 6.07) is 13.3. The van der Waals surface area contributed by atoms with Crippen LogP contribution in [0.25, 0.3) is 5.69 Å². The standard InChI is InChI=1S/C22H25N3O4S/c26-22-15-30(27,28)14-21(22)24(12-17-8-5-11-29-17)13-19-18-9-4-10-20(18)25(23-19)16-6-2-1-3-7-16/h1-3,5-8,11,21-22,26H,4,9-10,12-15H2/t21-,22+/m0/s1. The van der Waals surface area contributed by atoms with Crippen molar-refractivity contribution in [3.63, 3.8) is 0 Å². The number of aromatic nitrogens is 2. The number of aliphatic hydroxyl groups excluding tert-OH is 1. The van der Waals surface area contributed by atoms with Crippen LogP contribution in [0.15, 0.2) is 53.1 Å². The van der Waals surface area contributed by atoms with Crippen molar-refractivity contribution in [3.8, 4) is 5.69 Å². The van der Waals surface area contributed by atoms with Crippen LogP contribution in [-0.2, 0) is 35.8 Å². The second-order valence-electron chi connectivity index (χ2n) is 8.17. The first kappa shape index (κ1) is 19.5. The molecule has 2 aromatic heterocycles. The summed E-state index contributed by atoms with van der Waals surface area (Å²) in [6.45, 7) is 0.900. The number of aliphatic hydroxyl groups is 1. The molecule has 2 aliphatic rings. The summed E-state index contributed by atoms with van der Waals surface area (Å²) in [5.74, 6) is 0.505. The molecule has 1 aliphatic carbocycles. The summed E-state index contributed by atoms with van der Waals surface area (Å²) in [6.07, 6.45) is 3.74. The van der Waals surface area contributed by atoms with Crippen molar-refractivity contribution in [1.82, 2.24) is 14.7 Å². The Hall–Kier alpha value is -2.42. The van der Waals surface area contributed by atoms with Gasteiger partial charge in [-0.1, -0.05) is 18.2 Å². The van der Waals surface area contributed by atoms with Gasteiger partial charge in [-0.3, -0.25) is 4.90 Å². The molecule has 0 amide bonds. The molecule has 5 rings (SSSR count). The zero-order valence-corrected chi connectivity index (χ0v) is 17.5. The number of hydrogen-bond acceptors (Lipinski definition) is 6. The van der Waals surface area contributed by atoms with Crippen molar-refractivity contribution < 1.29 is 17.9 Å². The summed E-state index contributed by atoms with van der Waals surface area (Å²) < 4.78 is 31.9. The van der Waals surface area contributed by atoms with Gasteiger partial charge in [0.1, 0.15) is 5.76 Å². The Labute approximate surface area is 175 Å². The van der Waals surface area contributed by atoms with Crippen LogP contribution in [-0.4, -0.2) is 51.9 Å². The number of furan rings is 1. The molecular formula is C22H25N3O4S. The molecule has 0 saturated carbocycles. The number of sulfone groups is 1. The average molecular weight is 428 g/mol. The minimum atomic E-state index is -3.26. The summed E-state index contributed by atoms with van der Waals surface area (Å²) in [5.41, 5.74) is 4.46. The molecule has 3 aromatic rings. The molecule has 1 saturated heterocycles. The first-order chi connectivity index (χ1) is 14.5. The van der Waals surface area contributed by atoms with E-state index in [1.54, 1.807) is 6.26 Å². The molecule has 0 radical (unpaired) electrons. The predicted octanol–water partition coefficient (Wildman–Crippen LogP) is 2.11. The van der Waals surface area contributed by atoms with Crippen LogP contribution in [0, 0.1) is 0 Å². The van der Waals surface area contributed by atoms with Crippen LogP contribution in [0.2, 0.25) is 0 Å². The van der Waals surface area contributed by atoms with E-state index in [1.165, 1.54) is 11.3 Å². The van der Waals surface area contributed by atoms with Gasteiger partial charge < -0.3 is 9.52 Å². The molecule has 1 aromatic carbocycles. The second kappa shape index (κ2) is 7.68. The lowest BCUT2D eigenvalue weighted by Crippen LogP contribution is -2.42. The van der Waals surface area contributed by atoms with Crippen LogP contribution >= 0.6 is 0 Å². The smallest absolute Gasteiger partial charge is 0.154 e. The van der Waals surface area contributed by atoms with Crippen molar-refractivity contribution in [2.24, 2.45) is 0 Å². The zero-order valence-electron chi connectivity index (χ0n) is 16.6. The average Bonchev–Trinajstić information content (AvgIpc) is 3.48. The molecule has 3 heterocycles. The summed E-state index contributed by atoms with van der Waals surface area (Å²) in [4.78, 5) is 2.00. The third kappa shape index (κ3) is 3.71. The van der Waals surface area contributed by atoms with Gasteiger partial charge in [0.05, 0.1) is 47.8 Å². The van der Waals surface area contributed by atoms with Crippen LogP contribution in [0.1, 0.15) is 29.1 Å². The zero-order chi connectivity index (χ0) is 20.7. The number of para-hydroxylation sites is 1.